The van der Waals surface area contributed by atoms with Crippen molar-refractivity contribution in [3.63, 3.8) is 0 Å². The lowest BCUT2D eigenvalue weighted by Crippen LogP contribution is -2.23. The lowest BCUT2D eigenvalue weighted by molar-refractivity contribution is -0.120. The molecule has 1 N–H and O–H groups in total. The van der Waals surface area contributed by atoms with Gasteiger partial charge in [-0.15, -0.1) is 0 Å². The SMILES string of the molecule is COc1ccccc1CNC(=O)CCSC. The number of carbonyl (C=O) groups excluding carboxylic acids is 1. The Kier molecular flexibility index (Phi) is 5.78. The van der Waals surface area contributed by atoms with Gasteiger partial charge in [0.2, 0.25) is 5.91 Å². The van der Waals surface area contributed by atoms with Crippen molar-refractivity contribution < 1.29 is 9.53 Å². The van der Waals surface area contributed by atoms with Crippen LogP contribution < -0.4 is 10.1 Å². The van der Waals surface area contributed by atoms with Crippen LogP contribution in [0.3, 0.4) is 0 Å². The second-order valence-corrected chi connectivity index (χ2v) is 4.32. The normalized spacial score (nSPS) is 9.88. The Morgan fingerprint density at radius 3 is 2.88 bits per heavy atom. The molecule has 0 aliphatic rings. The molecule has 3 nitrogen and oxygen atoms in total. The topological polar surface area (TPSA) is 38.3 Å². The van der Waals surface area contributed by atoms with Gasteiger partial charge in [-0.3, -0.25) is 4.79 Å². The summed E-state index contributed by atoms with van der Waals surface area (Å²) < 4.78 is 5.20. The predicted molar refractivity (Wildman–Crippen MR) is 67.8 cm³/mol. The molecule has 0 heterocycles. The lowest BCUT2D eigenvalue weighted by Gasteiger charge is -2.09. The van der Waals surface area contributed by atoms with Gasteiger partial charge in [0.25, 0.3) is 0 Å². The number of nitrogens with one attached hydrogen (secondary N) is 1. The summed E-state index contributed by atoms with van der Waals surface area (Å²) in [5.41, 5.74) is 1.00. The first-order valence-corrected chi connectivity index (χ1v) is 6.55. The van der Waals surface area contributed by atoms with Crippen LogP contribution in [0.4, 0.5) is 0 Å². The van der Waals surface area contributed by atoms with Crippen LogP contribution >= 0.6 is 11.8 Å². The van der Waals surface area contributed by atoms with Crippen LogP contribution in [0.25, 0.3) is 0 Å². The zero-order valence-electron chi connectivity index (χ0n) is 9.66. The molecule has 0 radical (unpaired) electrons. The Morgan fingerprint density at radius 2 is 2.19 bits per heavy atom. The smallest absolute Gasteiger partial charge is 0.221 e. The summed E-state index contributed by atoms with van der Waals surface area (Å²) in [5.74, 6) is 1.76. The maximum absolute atomic E-state index is 11.4. The maximum Gasteiger partial charge on any atom is 0.221 e. The van der Waals surface area contributed by atoms with Crippen LogP contribution in [0, 0.1) is 0 Å². The molecule has 0 aliphatic heterocycles. The van der Waals surface area contributed by atoms with Gasteiger partial charge in [0.05, 0.1) is 7.11 Å². The summed E-state index contributed by atoms with van der Waals surface area (Å²) >= 11 is 1.67. The molecule has 4 heteroatoms. The standard InChI is InChI=1S/C12H17NO2S/c1-15-11-6-4-3-5-10(11)9-13-12(14)7-8-16-2/h3-6H,7-9H2,1-2H3,(H,13,14). The van der Waals surface area contributed by atoms with Gasteiger partial charge in [-0.25, -0.2) is 0 Å². The van der Waals surface area contributed by atoms with Crippen molar-refractivity contribution in [1.29, 1.82) is 0 Å². The number of thioether (sulfide) groups is 1. The number of para-hydroxylation sites is 1. The van der Waals surface area contributed by atoms with E-state index >= 15 is 0 Å². The molecule has 0 atom stereocenters. The zero-order chi connectivity index (χ0) is 11.8. The van der Waals surface area contributed by atoms with Crippen molar-refractivity contribution in [2.75, 3.05) is 19.1 Å². The van der Waals surface area contributed by atoms with Crippen LogP contribution in [0.15, 0.2) is 24.3 Å². The molecule has 16 heavy (non-hydrogen) atoms. The molecule has 0 spiro atoms. The molecular weight excluding hydrogens is 222 g/mol. The highest BCUT2D eigenvalue weighted by molar-refractivity contribution is 7.98. The molecule has 0 saturated heterocycles. The molecule has 1 rings (SSSR count). The third kappa shape index (κ3) is 4.14. The first-order chi connectivity index (χ1) is 7.77. The summed E-state index contributed by atoms with van der Waals surface area (Å²) in [6.45, 7) is 0.525. The van der Waals surface area contributed by atoms with Gasteiger partial charge in [-0.1, -0.05) is 18.2 Å². The van der Waals surface area contributed by atoms with E-state index in [4.69, 9.17) is 4.74 Å². The summed E-state index contributed by atoms with van der Waals surface area (Å²) in [4.78, 5) is 11.4. The quantitative estimate of drug-likeness (QED) is 0.826. The molecule has 1 amide bonds. The number of rotatable bonds is 6. The van der Waals surface area contributed by atoms with E-state index in [1.54, 1.807) is 18.9 Å². The van der Waals surface area contributed by atoms with Crippen LogP contribution in [-0.4, -0.2) is 25.0 Å². The minimum absolute atomic E-state index is 0.0836. The second kappa shape index (κ2) is 7.17. The molecule has 0 aromatic heterocycles. The molecule has 1 aromatic carbocycles. The molecule has 0 aliphatic carbocycles. The van der Waals surface area contributed by atoms with E-state index in [2.05, 4.69) is 5.32 Å². The Hall–Kier alpha value is -1.16. The predicted octanol–water partition coefficient (Wildman–Crippen LogP) is 2.06. The molecule has 0 saturated carbocycles. The van der Waals surface area contributed by atoms with Gasteiger partial charge in [0.1, 0.15) is 5.75 Å². The number of ether oxygens (including phenoxy) is 1. The van der Waals surface area contributed by atoms with Gasteiger partial charge in [0.15, 0.2) is 0 Å². The van der Waals surface area contributed by atoms with Crippen molar-refractivity contribution >= 4 is 17.7 Å². The van der Waals surface area contributed by atoms with E-state index < -0.39 is 0 Å². The molecular formula is C12H17NO2S. The van der Waals surface area contributed by atoms with E-state index in [0.717, 1.165) is 17.1 Å². The molecule has 88 valence electrons. The summed E-state index contributed by atoms with van der Waals surface area (Å²) in [7, 11) is 1.63. The van der Waals surface area contributed by atoms with Crippen molar-refractivity contribution in [2.24, 2.45) is 0 Å². The van der Waals surface area contributed by atoms with E-state index in [9.17, 15) is 4.79 Å². The third-order valence-corrected chi connectivity index (χ3v) is 2.81. The Balaban J connectivity index is 2.44. The molecule has 0 fully saturated rings. The fraction of sp³-hybridized carbons (Fsp3) is 0.417. The summed E-state index contributed by atoms with van der Waals surface area (Å²) in [6, 6.07) is 7.70. The largest absolute Gasteiger partial charge is 0.496 e. The van der Waals surface area contributed by atoms with Crippen molar-refractivity contribution in [1.82, 2.24) is 5.32 Å². The highest BCUT2D eigenvalue weighted by Crippen LogP contribution is 2.16. The van der Waals surface area contributed by atoms with Crippen LogP contribution in [0.5, 0.6) is 5.75 Å². The number of benzene rings is 1. The second-order valence-electron chi connectivity index (χ2n) is 3.33. The monoisotopic (exact) mass is 239 g/mol. The summed E-state index contributed by atoms with van der Waals surface area (Å²) in [6.07, 6.45) is 2.56. The number of hydrogen-bond acceptors (Lipinski definition) is 3. The first-order valence-electron chi connectivity index (χ1n) is 5.15. The molecule has 0 bridgehead atoms. The average molecular weight is 239 g/mol. The number of amides is 1. The van der Waals surface area contributed by atoms with Crippen LogP contribution in [0.2, 0.25) is 0 Å². The minimum Gasteiger partial charge on any atom is -0.496 e. The van der Waals surface area contributed by atoms with E-state index in [0.29, 0.717) is 13.0 Å². The van der Waals surface area contributed by atoms with Crippen LogP contribution in [0.1, 0.15) is 12.0 Å². The van der Waals surface area contributed by atoms with E-state index in [-0.39, 0.29) is 5.91 Å². The van der Waals surface area contributed by atoms with Gasteiger partial charge in [0, 0.05) is 24.3 Å². The number of carbonyl (C=O) groups is 1. The highest BCUT2D eigenvalue weighted by Gasteiger charge is 2.04. The first kappa shape index (κ1) is 12.9. The molecule has 1 aromatic rings. The maximum atomic E-state index is 11.4. The van der Waals surface area contributed by atoms with E-state index in [1.807, 2.05) is 30.5 Å². The van der Waals surface area contributed by atoms with Gasteiger partial charge in [-0.05, 0) is 12.3 Å². The minimum atomic E-state index is 0.0836. The highest BCUT2D eigenvalue weighted by atomic mass is 32.2. The van der Waals surface area contributed by atoms with Gasteiger partial charge in [-0.2, -0.15) is 11.8 Å². The lowest BCUT2D eigenvalue weighted by atomic mass is 10.2. The summed E-state index contributed by atoms with van der Waals surface area (Å²) in [5, 5.41) is 2.88. The number of methoxy groups -OCH3 is 1. The molecule has 0 unspecified atom stereocenters. The van der Waals surface area contributed by atoms with Crippen molar-refractivity contribution in [2.45, 2.75) is 13.0 Å². The Bertz CT molecular complexity index is 342. The van der Waals surface area contributed by atoms with E-state index in [1.165, 1.54) is 0 Å². The fourth-order valence-electron chi connectivity index (χ4n) is 1.33. The van der Waals surface area contributed by atoms with Gasteiger partial charge >= 0.3 is 0 Å². The Morgan fingerprint density at radius 1 is 1.44 bits per heavy atom. The number of hydrogen-bond donors (Lipinski definition) is 1. The third-order valence-electron chi connectivity index (χ3n) is 2.20. The zero-order valence-corrected chi connectivity index (χ0v) is 10.5. The van der Waals surface area contributed by atoms with Crippen LogP contribution in [-0.2, 0) is 11.3 Å². The van der Waals surface area contributed by atoms with Gasteiger partial charge < -0.3 is 10.1 Å². The van der Waals surface area contributed by atoms with Crippen molar-refractivity contribution in [3.05, 3.63) is 29.8 Å². The van der Waals surface area contributed by atoms with Crippen molar-refractivity contribution in [3.8, 4) is 5.75 Å². The fourth-order valence-corrected chi connectivity index (χ4v) is 1.72. The Labute approximate surface area is 101 Å². The average Bonchev–Trinajstić information content (AvgIpc) is 2.34.